The smallest absolute Gasteiger partial charge is 0.150 e. The summed E-state index contributed by atoms with van der Waals surface area (Å²) in [4.78, 5) is 15.4. The molecular weight excluding hydrogens is 333 g/mol. The number of aryl methyl sites for hydroxylation is 3. The molecule has 1 aromatic carbocycles. The van der Waals surface area contributed by atoms with Crippen LogP contribution in [0.3, 0.4) is 0 Å². The molecule has 0 aliphatic carbocycles. The Labute approximate surface area is 148 Å². The van der Waals surface area contributed by atoms with Crippen LogP contribution in [0.2, 0.25) is 0 Å². The fourth-order valence-electron chi connectivity index (χ4n) is 3.21. The van der Waals surface area contributed by atoms with E-state index in [4.69, 9.17) is 0 Å². The van der Waals surface area contributed by atoms with E-state index in [-0.39, 0.29) is 0 Å². The number of aromatic nitrogens is 5. The minimum absolute atomic E-state index is 0.308. The van der Waals surface area contributed by atoms with E-state index in [0.29, 0.717) is 28.7 Å². The highest BCUT2D eigenvalue weighted by molar-refractivity contribution is 5.95. The number of aldehydes is 1. The Morgan fingerprint density at radius 1 is 1.15 bits per heavy atom. The number of halogens is 1. The zero-order chi connectivity index (χ0) is 18.4. The topological polar surface area (TPSA) is 65.6 Å². The zero-order valence-electron chi connectivity index (χ0n) is 14.6. The quantitative estimate of drug-likeness (QED) is 0.532. The van der Waals surface area contributed by atoms with Gasteiger partial charge < -0.3 is 0 Å². The summed E-state index contributed by atoms with van der Waals surface area (Å²) in [5.74, 6) is -0.467. The molecule has 0 atom stereocenters. The largest absolute Gasteiger partial charge is 0.298 e. The first-order valence-corrected chi connectivity index (χ1v) is 8.05. The first kappa shape index (κ1) is 16.1. The van der Waals surface area contributed by atoms with Gasteiger partial charge in [0, 0.05) is 42.4 Å². The maximum atomic E-state index is 14.6. The van der Waals surface area contributed by atoms with Gasteiger partial charge in [-0.25, -0.2) is 4.39 Å². The lowest BCUT2D eigenvalue weighted by Gasteiger charge is -2.08. The standard InChI is InChI=1S/C19H16FN5O/c1-11-4-12(10-26)5-15(20)18(11)16-6-14-17(8-21-16)25(3)23-19(14)13-7-22-24(2)9-13/h4-10H,1-3H3. The molecule has 26 heavy (non-hydrogen) atoms. The van der Waals surface area contributed by atoms with Crippen LogP contribution < -0.4 is 0 Å². The average molecular weight is 349 g/mol. The van der Waals surface area contributed by atoms with Crippen LogP contribution in [0.1, 0.15) is 15.9 Å². The fraction of sp³-hybridized carbons (Fsp3) is 0.158. The molecule has 0 saturated carbocycles. The second-order valence-corrected chi connectivity index (χ2v) is 6.27. The van der Waals surface area contributed by atoms with Crippen LogP contribution in [-0.4, -0.2) is 30.8 Å². The van der Waals surface area contributed by atoms with E-state index in [9.17, 15) is 9.18 Å². The number of carbonyl (C=O) groups is 1. The third kappa shape index (κ3) is 2.48. The summed E-state index contributed by atoms with van der Waals surface area (Å²) >= 11 is 0. The van der Waals surface area contributed by atoms with Crippen molar-refractivity contribution in [2.45, 2.75) is 6.92 Å². The van der Waals surface area contributed by atoms with E-state index in [2.05, 4.69) is 15.2 Å². The van der Waals surface area contributed by atoms with Gasteiger partial charge in [0.1, 0.15) is 17.8 Å². The molecule has 0 amide bonds. The van der Waals surface area contributed by atoms with Gasteiger partial charge in [0.2, 0.25) is 0 Å². The first-order valence-electron chi connectivity index (χ1n) is 8.05. The number of pyridine rings is 1. The minimum atomic E-state index is -0.467. The van der Waals surface area contributed by atoms with Crippen molar-refractivity contribution in [3.63, 3.8) is 0 Å². The molecule has 0 bridgehead atoms. The number of hydrogen-bond acceptors (Lipinski definition) is 4. The number of rotatable bonds is 3. The van der Waals surface area contributed by atoms with Crippen molar-refractivity contribution < 1.29 is 9.18 Å². The Hall–Kier alpha value is -3.35. The summed E-state index contributed by atoms with van der Waals surface area (Å²) in [6.07, 6.45) is 5.95. The maximum absolute atomic E-state index is 14.6. The van der Waals surface area contributed by atoms with Gasteiger partial charge in [0.15, 0.2) is 0 Å². The summed E-state index contributed by atoms with van der Waals surface area (Å²) in [6.45, 7) is 1.77. The molecule has 0 aliphatic heterocycles. The van der Waals surface area contributed by atoms with E-state index in [1.165, 1.54) is 6.07 Å². The van der Waals surface area contributed by atoms with Crippen LogP contribution in [0.4, 0.5) is 4.39 Å². The summed E-state index contributed by atoms with van der Waals surface area (Å²) < 4.78 is 18.0. The van der Waals surface area contributed by atoms with E-state index >= 15 is 0 Å². The third-order valence-corrected chi connectivity index (χ3v) is 4.42. The molecule has 6 nitrogen and oxygen atoms in total. The summed E-state index contributed by atoms with van der Waals surface area (Å²) in [7, 11) is 3.68. The highest BCUT2D eigenvalue weighted by Crippen LogP contribution is 2.32. The molecule has 0 aliphatic rings. The molecular formula is C19H16FN5O. The number of hydrogen-bond donors (Lipinski definition) is 0. The van der Waals surface area contributed by atoms with Crippen LogP contribution in [0.25, 0.3) is 33.4 Å². The number of fused-ring (bicyclic) bond motifs is 1. The number of carbonyl (C=O) groups excluding carboxylic acids is 1. The number of benzene rings is 1. The van der Waals surface area contributed by atoms with Gasteiger partial charge in [-0.3, -0.25) is 19.1 Å². The summed E-state index contributed by atoms with van der Waals surface area (Å²) in [5, 5.41) is 9.62. The van der Waals surface area contributed by atoms with Gasteiger partial charge in [-0.1, -0.05) is 0 Å². The molecule has 130 valence electrons. The Morgan fingerprint density at radius 3 is 2.62 bits per heavy atom. The van der Waals surface area contributed by atoms with Gasteiger partial charge in [-0.2, -0.15) is 10.2 Å². The molecule has 3 aromatic heterocycles. The molecule has 3 heterocycles. The Kier molecular flexibility index (Phi) is 3.64. The van der Waals surface area contributed by atoms with Crippen LogP contribution in [0.15, 0.2) is 36.8 Å². The van der Waals surface area contributed by atoms with Crippen LogP contribution in [-0.2, 0) is 14.1 Å². The SMILES string of the molecule is Cc1cc(C=O)cc(F)c1-c1cc2c(-c3cnn(C)c3)nn(C)c2cn1. The molecule has 0 spiro atoms. The van der Waals surface area contributed by atoms with Crippen molar-refractivity contribution in [1.29, 1.82) is 0 Å². The molecule has 4 rings (SSSR count). The zero-order valence-corrected chi connectivity index (χ0v) is 14.6. The van der Waals surface area contributed by atoms with E-state index in [1.54, 1.807) is 34.7 Å². The van der Waals surface area contributed by atoms with Crippen molar-refractivity contribution >= 4 is 17.2 Å². The van der Waals surface area contributed by atoms with Crippen molar-refractivity contribution in [1.82, 2.24) is 24.5 Å². The average Bonchev–Trinajstić information content (AvgIpc) is 3.17. The first-order chi connectivity index (χ1) is 12.5. The van der Waals surface area contributed by atoms with Crippen LogP contribution in [0, 0.1) is 12.7 Å². The fourth-order valence-corrected chi connectivity index (χ4v) is 3.21. The Morgan fingerprint density at radius 2 is 1.96 bits per heavy atom. The normalized spacial score (nSPS) is 11.2. The minimum Gasteiger partial charge on any atom is -0.298 e. The van der Waals surface area contributed by atoms with Gasteiger partial charge in [-0.15, -0.1) is 0 Å². The highest BCUT2D eigenvalue weighted by Gasteiger charge is 2.17. The van der Waals surface area contributed by atoms with Crippen molar-refractivity contribution in [2.75, 3.05) is 0 Å². The molecule has 4 aromatic rings. The van der Waals surface area contributed by atoms with Crippen molar-refractivity contribution in [3.8, 4) is 22.5 Å². The Balaban J connectivity index is 1.95. The molecule has 0 radical (unpaired) electrons. The third-order valence-electron chi connectivity index (χ3n) is 4.42. The van der Waals surface area contributed by atoms with Crippen LogP contribution >= 0.6 is 0 Å². The van der Waals surface area contributed by atoms with Crippen molar-refractivity contribution in [2.24, 2.45) is 14.1 Å². The highest BCUT2D eigenvalue weighted by atomic mass is 19.1. The Bertz CT molecular complexity index is 1140. The molecule has 0 saturated heterocycles. The van der Waals surface area contributed by atoms with E-state index in [0.717, 1.165) is 22.2 Å². The lowest BCUT2D eigenvalue weighted by molar-refractivity contribution is 0.112. The second-order valence-electron chi connectivity index (χ2n) is 6.27. The maximum Gasteiger partial charge on any atom is 0.150 e. The van der Waals surface area contributed by atoms with Crippen LogP contribution in [0.5, 0.6) is 0 Å². The second kappa shape index (κ2) is 5.87. The van der Waals surface area contributed by atoms with Gasteiger partial charge in [0.25, 0.3) is 0 Å². The monoisotopic (exact) mass is 349 g/mol. The molecule has 0 fully saturated rings. The number of nitrogens with zero attached hydrogens (tertiary/aromatic N) is 5. The van der Waals surface area contributed by atoms with Gasteiger partial charge >= 0.3 is 0 Å². The van der Waals surface area contributed by atoms with Gasteiger partial charge in [-0.05, 0) is 30.7 Å². The van der Waals surface area contributed by atoms with E-state index in [1.807, 2.05) is 26.4 Å². The predicted octanol–water partition coefficient (Wildman–Crippen LogP) is 3.30. The summed E-state index contributed by atoms with van der Waals surface area (Å²) in [6, 6.07) is 4.71. The van der Waals surface area contributed by atoms with Gasteiger partial charge in [0.05, 0.1) is 23.6 Å². The lowest BCUT2D eigenvalue weighted by Crippen LogP contribution is -1.95. The molecule has 0 N–H and O–H groups in total. The lowest BCUT2D eigenvalue weighted by atomic mass is 10.0. The van der Waals surface area contributed by atoms with E-state index < -0.39 is 5.82 Å². The summed E-state index contributed by atoms with van der Waals surface area (Å²) in [5.41, 5.74) is 4.34. The molecule has 7 heteroatoms. The molecule has 0 unspecified atom stereocenters. The predicted molar refractivity (Wildman–Crippen MR) is 96.2 cm³/mol. The van der Waals surface area contributed by atoms with Crippen molar-refractivity contribution in [3.05, 3.63) is 53.7 Å².